The number of ether oxygens (including phenoxy) is 1. The largest absolute Gasteiger partial charge is 0.493 e. The molecule has 0 aliphatic heterocycles. The Labute approximate surface area is 96.3 Å². The fourth-order valence-electron chi connectivity index (χ4n) is 1.12. The van der Waals surface area contributed by atoms with Crippen molar-refractivity contribution in [2.75, 3.05) is 6.61 Å². The Bertz CT molecular complexity index is 363. The summed E-state index contributed by atoms with van der Waals surface area (Å²) in [7, 11) is 0. The van der Waals surface area contributed by atoms with E-state index < -0.39 is 0 Å². The molecule has 0 bridgehead atoms. The molecule has 1 rings (SSSR count). The van der Waals surface area contributed by atoms with Gasteiger partial charge in [-0.3, -0.25) is 4.79 Å². The van der Waals surface area contributed by atoms with Crippen molar-refractivity contribution >= 4 is 33.3 Å². The maximum atomic E-state index is 11.3. The third kappa shape index (κ3) is 2.28. The second-order valence-electron chi connectivity index (χ2n) is 2.72. The van der Waals surface area contributed by atoms with Crippen molar-refractivity contribution in [3.63, 3.8) is 0 Å². The molecule has 0 saturated carbocycles. The quantitative estimate of drug-likeness (QED) is 0.787. The molecular weight excluding hydrogens is 267 g/mol. The lowest BCUT2D eigenvalue weighted by Gasteiger charge is -2.09. The highest BCUT2D eigenvalue weighted by Gasteiger charge is 2.14. The molecule has 0 aromatic heterocycles. The van der Waals surface area contributed by atoms with Crippen molar-refractivity contribution in [2.45, 2.75) is 13.8 Å². The van der Waals surface area contributed by atoms with Gasteiger partial charge in [0.15, 0.2) is 5.78 Å². The zero-order chi connectivity index (χ0) is 10.7. The van der Waals surface area contributed by atoms with E-state index in [2.05, 4.69) is 15.9 Å². The zero-order valence-electron chi connectivity index (χ0n) is 7.93. The summed E-state index contributed by atoms with van der Waals surface area (Å²) in [6.45, 7) is 3.91. The van der Waals surface area contributed by atoms with Gasteiger partial charge in [0, 0.05) is 0 Å². The van der Waals surface area contributed by atoms with E-state index in [1.165, 1.54) is 6.92 Å². The molecule has 0 aliphatic rings. The van der Waals surface area contributed by atoms with Crippen molar-refractivity contribution < 1.29 is 9.53 Å². The lowest BCUT2D eigenvalue weighted by atomic mass is 10.1. The summed E-state index contributed by atoms with van der Waals surface area (Å²) in [5.74, 6) is 0.561. The second kappa shape index (κ2) is 4.80. The molecule has 1 aromatic carbocycles. The normalized spacial score (nSPS) is 10.0. The summed E-state index contributed by atoms with van der Waals surface area (Å²) in [5, 5.41) is 0.438. The Morgan fingerprint density at radius 2 is 2.21 bits per heavy atom. The highest BCUT2D eigenvalue weighted by Crippen LogP contribution is 2.33. The molecule has 0 atom stereocenters. The SMILES string of the molecule is CCOc1ccc(Cl)c(C(C)=O)c1Br. The minimum atomic E-state index is -0.0802. The van der Waals surface area contributed by atoms with Gasteiger partial charge < -0.3 is 4.74 Å². The van der Waals surface area contributed by atoms with Crippen molar-refractivity contribution in [3.05, 3.63) is 27.2 Å². The maximum absolute atomic E-state index is 11.3. The Kier molecular flexibility index (Phi) is 3.96. The van der Waals surface area contributed by atoms with Crippen LogP contribution < -0.4 is 4.74 Å². The van der Waals surface area contributed by atoms with Gasteiger partial charge in [-0.15, -0.1) is 0 Å². The number of hydrogen-bond acceptors (Lipinski definition) is 2. The van der Waals surface area contributed by atoms with E-state index in [-0.39, 0.29) is 5.78 Å². The predicted molar refractivity (Wildman–Crippen MR) is 60.3 cm³/mol. The summed E-state index contributed by atoms with van der Waals surface area (Å²) in [4.78, 5) is 11.3. The second-order valence-corrected chi connectivity index (χ2v) is 3.92. The van der Waals surface area contributed by atoms with E-state index in [4.69, 9.17) is 16.3 Å². The van der Waals surface area contributed by atoms with Gasteiger partial charge in [0.2, 0.25) is 0 Å². The van der Waals surface area contributed by atoms with Crippen LogP contribution in [0.5, 0.6) is 5.75 Å². The monoisotopic (exact) mass is 276 g/mol. The third-order valence-electron chi connectivity index (χ3n) is 1.71. The van der Waals surface area contributed by atoms with E-state index in [1.807, 2.05) is 6.92 Å². The summed E-state index contributed by atoms with van der Waals surface area (Å²) in [6, 6.07) is 3.40. The average molecular weight is 278 g/mol. The van der Waals surface area contributed by atoms with E-state index in [9.17, 15) is 4.79 Å². The predicted octanol–water partition coefficient (Wildman–Crippen LogP) is 3.70. The van der Waals surface area contributed by atoms with Crippen LogP contribution in [-0.2, 0) is 0 Å². The number of Topliss-reactive ketones (excluding diaryl/α,β-unsaturated/α-hetero) is 1. The van der Waals surface area contributed by atoms with Crippen LogP contribution in [0.2, 0.25) is 5.02 Å². The molecule has 0 radical (unpaired) electrons. The van der Waals surface area contributed by atoms with E-state index in [0.29, 0.717) is 27.4 Å². The van der Waals surface area contributed by atoms with Crippen molar-refractivity contribution in [1.29, 1.82) is 0 Å². The molecule has 4 heteroatoms. The third-order valence-corrected chi connectivity index (χ3v) is 2.81. The van der Waals surface area contributed by atoms with Crippen LogP contribution in [0.4, 0.5) is 0 Å². The first-order valence-corrected chi connectivity index (χ1v) is 5.36. The summed E-state index contributed by atoms with van der Waals surface area (Å²) >= 11 is 9.19. The molecule has 2 nitrogen and oxygen atoms in total. The lowest BCUT2D eigenvalue weighted by molar-refractivity contribution is 0.101. The van der Waals surface area contributed by atoms with Crippen LogP contribution in [0, 0.1) is 0 Å². The molecule has 1 aromatic rings. The first-order chi connectivity index (χ1) is 6.57. The fraction of sp³-hybridized carbons (Fsp3) is 0.300. The summed E-state index contributed by atoms with van der Waals surface area (Å²) in [6.07, 6.45) is 0. The maximum Gasteiger partial charge on any atom is 0.162 e. The van der Waals surface area contributed by atoms with Gasteiger partial charge in [0.05, 0.1) is 21.7 Å². The van der Waals surface area contributed by atoms with Gasteiger partial charge in [0.25, 0.3) is 0 Å². The van der Waals surface area contributed by atoms with Crippen molar-refractivity contribution in [3.8, 4) is 5.75 Å². The lowest BCUT2D eigenvalue weighted by Crippen LogP contribution is -1.99. The van der Waals surface area contributed by atoms with Gasteiger partial charge >= 0.3 is 0 Å². The highest BCUT2D eigenvalue weighted by atomic mass is 79.9. The van der Waals surface area contributed by atoms with Gasteiger partial charge in [-0.2, -0.15) is 0 Å². The molecule has 76 valence electrons. The molecule has 0 N–H and O–H groups in total. The van der Waals surface area contributed by atoms with Gasteiger partial charge in [-0.1, -0.05) is 11.6 Å². The standard InChI is InChI=1S/C10H10BrClO2/c1-3-14-8-5-4-7(12)9(6(2)13)10(8)11/h4-5H,3H2,1-2H3. The highest BCUT2D eigenvalue weighted by molar-refractivity contribution is 9.10. The van der Waals surface area contributed by atoms with Crippen molar-refractivity contribution in [1.82, 2.24) is 0 Å². The molecule has 0 fully saturated rings. The molecule has 14 heavy (non-hydrogen) atoms. The Balaban J connectivity index is 3.26. The molecule has 0 aliphatic carbocycles. The first-order valence-electron chi connectivity index (χ1n) is 4.19. The average Bonchev–Trinajstić information content (AvgIpc) is 2.10. The number of halogens is 2. The van der Waals surface area contributed by atoms with Crippen LogP contribution in [0.15, 0.2) is 16.6 Å². The first kappa shape index (κ1) is 11.5. The molecule has 0 saturated heterocycles. The number of carbonyl (C=O) groups is 1. The molecular formula is C10H10BrClO2. The smallest absolute Gasteiger partial charge is 0.162 e. The summed E-state index contributed by atoms with van der Waals surface area (Å²) < 4.78 is 5.95. The Morgan fingerprint density at radius 1 is 1.57 bits per heavy atom. The van der Waals surface area contributed by atoms with E-state index in [0.717, 1.165) is 0 Å². The van der Waals surface area contributed by atoms with Crippen LogP contribution in [0.1, 0.15) is 24.2 Å². The Morgan fingerprint density at radius 3 is 2.71 bits per heavy atom. The minimum Gasteiger partial charge on any atom is -0.493 e. The molecule has 0 amide bonds. The van der Waals surface area contributed by atoms with Gasteiger partial charge in [-0.05, 0) is 41.9 Å². The molecule has 0 spiro atoms. The van der Waals surface area contributed by atoms with Crippen LogP contribution in [-0.4, -0.2) is 12.4 Å². The van der Waals surface area contributed by atoms with Crippen LogP contribution >= 0.6 is 27.5 Å². The van der Waals surface area contributed by atoms with E-state index >= 15 is 0 Å². The number of hydrogen-bond donors (Lipinski definition) is 0. The zero-order valence-corrected chi connectivity index (χ0v) is 10.3. The topological polar surface area (TPSA) is 26.3 Å². The Hall–Kier alpha value is -0.540. The molecule has 0 unspecified atom stereocenters. The number of carbonyl (C=O) groups excluding carboxylic acids is 1. The van der Waals surface area contributed by atoms with Crippen LogP contribution in [0.25, 0.3) is 0 Å². The van der Waals surface area contributed by atoms with Crippen LogP contribution in [0.3, 0.4) is 0 Å². The summed E-state index contributed by atoms with van der Waals surface area (Å²) in [5.41, 5.74) is 0.470. The minimum absolute atomic E-state index is 0.0802. The van der Waals surface area contributed by atoms with E-state index in [1.54, 1.807) is 12.1 Å². The number of rotatable bonds is 3. The van der Waals surface area contributed by atoms with Crippen molar-refractivity contribution in [2.24, 2.45) is 0 Å². The number of benzene rings is 1. The molecule has 0 heterocycles. The van der Waals surface area contributed by atoms with Gasteiger partial charge in [0.1, 0.15) is 5.75 Å². The van der Waals surface area contributed by atoms with Gasteiger partial charge in [-0.25, -0.2) is 0 Å². The fourth-order valence-corrected chi connectivity index (χ4v) is 2.27. The number of ketones is 1.